The molecule has 3 nitrogen and oxygen atoms in total. The Hall–Kier alpha value is -0.900. The van der Waals surface area contributed by atoms with E-state index >= 15 is 0 Å². The highest BCUT2D eigenvalue weighted by molar-refractivity contribution is 8.38. The molecule has 0 amide bonds. The number of rotatable bonds is 2. The van der Waals surface area contributed by atoms with E-state index in [0.29, 0.717) is 9.94 Å². The van der Waals surface area contributed by atoms with Crippen molar-refractivity contribution in [2.24, 2.45) is 4.40 Å². The van der Waals surface area contributed by atoms with Gasteiger partial charge in [-0.3, -0.25) is 0 Å². The summed E-state index contributed by atoms with van der Waals surface area (Å²) in [5.41, 5.74) is 0.331. The summed E-state index contributed by atoms with van der Waals surface area (Å²) in [5, 5.41) is 0. The Morgan fingerprint density at radius 2 is 1.88 bits per heavy atom. The third-order valence-corrected chi connectivity index (χ3v) is 5.31. The first kappa shape index (κ1) is 14.2. The summed E-state index contributed by atoms with van der Waals surface area (Å²) in [4.78, 5) is 0.0723. The van der Waals surface area contributed by atoms with Crippen molar-refractivity contribution in [3.63, 3.8) is 0 Å². The Morgan fingerprint density at radius 3 is 2.41 bits per heavy atom. The number of hydrogen-bond donors (Lipinski definition) is 0. The molecule has 0 N–H and O–H groups in total. The van der Waals surface area contributed by atoms with E-state index in [1.54, 1.807) is 30.7 Å². The van der Waals surface area contributed by atoms with Crippen molar-refractivity contribution in [2.45, 2.75) is 4.90 Å². The number of nitrogens with zero attached hydrogens (tertiary/aromatic N) is 1. The molecule has 1 rings (SSSR count). The molecule has 0 atom stereocenters. The van der Waals surface area contributed by atoms with Crippen LogP contribution in [0.1, 0.15) is 5.56 Å². The lowest BCUT2D eigenvalue weighted by molar-refractivity contribution is 0.598. The van der Waals surface area contributed by atoms with Crippen LogP contribution in [-0.4, -0.2) is 25.3 Å². The van der Waals surface area contributed by atoms with Crippen LogP contribution in [-0.2, 0) is 10.0 Å². The molecule has 0 unspecified atom stereocenters. The van der Waals surface area contributed by atoms with E-state index in [-0.39, 0.29) is 4.90 Å². The molecule has 90 valence electrons. The Labute approximate surface area is 110 Å². The van der Waals surface area contributed by atoms with E-state index in [1.165, 1.54) is 29.6 Å². The van der Waals surface area contributed by atoms with Gasteiger partial charge >= 0.3 is 0 Å². The van der Waals surface area contributed by atoms with Gasteiger partial charge < -0.3 is 0 Å². The van der Waals surface area contributed by atoms with Crippen molar-refractivity contribution in [2.75, 3.05) is 12.5 Å². The predicted molar refractivity (Wildman–Crippen MR) is 76.0 cm³/mol. The topological polar surface area (TPSA) is 46.5 Å². The zero-order valence-electron chi connectivity index (χ0n) is 9.38. The molecule has 0 radical (unpaired) electrons. The standard InChI is InChI=1S/C11H11NO2S3/c1-4-9-7-5-6-8-10(9)17(13,14)12-11(15-2)16-3/h1,5-8H,2-3H3. The maximum Gasteiger partial charge on any atom is 0.285 e. The molecule has 0 aliphatic rings. The molecular weight excluding hydrogens is 274 g/mol. The van der Waals surface area contributed by atoms with E-state index < -0.39 is 10.0 Å². The molecule has 0 bridgehead atoms. The van der Waals surface area contributed by atoms with Crippen molar-refractivity contribution < 1.29 is 8.42 Å². The van der Waals surface area contributed by atoms with Gasteiger partial charge in [-0.25, -0.2) is 0 Å². The van der Waals surface area contributed by atoms with Gasteiger partial charge in [-0.05, 0) is 24.6 Å². The van der Waals surface area contributed by atoms with E-state index in [2.05, 4.69) is 10.3 Å². The van der Waals surface area contributed by atoms with Crippen LogP contribution >= 0.6 is 23.5 Å². The predicted octanol–water partition coefficient (Wildman–Crippen LogP) is 2.44. The minimum atomic E-state index is -3.72. The summed E-state index contributed by atoms with van der Waals surface area (Å²) in [6.07, 6.45) is 8.82. The first-order valence-electron chi connectivity index (χ1n) is 4.53. The van der Waals surface area contributed by atoms with Crippen LogP contribution in [0.15, 0.2) is 33.6 Å². The van der Waals surface area contributed by atoms with Gasteiger partial charge in [0.1, 0.15) is 9.27 Å². The lowest BCUT2D eigenvalue weighted by Crippen LogP contribution is -2.02. The van der Waals surface area contributed by atoms with Crippen LogP contribution in [0, 0.1) is 12.3 Å². The SMILES string of the molecule is C#Cc1ccccc1S(=O)(=O)N=C(SC)SC. The third kappa shape index (κ3) is 3.53. The molecular formula is C11H11NO2S3. The van der Waals surface area contributed by atoms with Crippen LogP contribution in [0.4, 0.5) is 0 Å². The number of terminal acetylenes is 1. The van der Waals surface area contributed by atoms with Crippen molar-refractivity contribution >= 4 is 37.9 Å². The smallest absolute Gasteiger partial charge is 0.199 e. The first-order valence-corrected chi connectivity index (χ1v) is 8.42. The second-order valence-electron chi connectivity index (χ2n) is 2.88. The Balaban J connectivity index is 3.33. The van der Waals surface area contributed by atoms with Crippen LogP contribution in [0.25, 0.3) is 0 Å². The zero-order chi connectivity index (χ0) is 12.9. The van der Waals surface area contributed by atoms with Crippen LogP contribution in [0.3, 0.4) is 0 Å². The van der Waals surface area contributed by atoms with Crippen molar-refractivity contribution in [1.29, 1.82) is 0 Å². The van der Waals surface area contributed by atoms with Gasteiger partial charge in [0.2, 0.25) is 0 Å². The molecule has 0 aromatic heterocycles. The van der Waals surface area contributed by atoms with Gasteiger partial charge in [0, 0.05) is 5.56 Å². The maximum atomic E-state index is 12.0. The van der Waals surface area contributed by atoms with E-state index in [9.17, 15) is 8.42 Å². The quantitative estimate of drug-likeness (QED) is 0.476. The summed E-state index contributed by atoms with van der Waals surface area (Å²) >= 11 is 2.57. The fraction of sp³-hybridized carbons (Fsp3) is 0.182. The fourth-order valence-electron chi connectivity index (χ4n) is 1.12. The summed E-state index contributed by atoms with van der Waals surface area (Å²) in [6, 6.07) is 6.37. The number of hydrogen-bond acceptors (Lipinski definition) is 4. The van der Waals surface area contributed by atoms with Crippen LogP contribution < -0.4 is 0 Å². The maximum absolute atomic E-state index is 12.0. The number of thioether (sulfide) groups is 2. The van der Waals surface area contributed by atoms with E-state index in [0.717, 1.165) is 0 Å². The molecule has 0 aliphatic heterocycles. The molecule has 1 aromatic rings. The molecule has 0 spiro atoms. The van der Waals surface area contributed by atoms with Gasteiger partial charge in [-0.1, -0.05) is 18.1 Å². The third-order valence-electron chi connectivity index (χ3n) is 1.86. The highest BCUT2D eigenvalue weighted by Gasteiger charge is 2.17. The lowest BCUT2D eigenvalue weighted by atomic mass is 10.2. The fourth-order valence-corrected chi connectivity index (χ4v) is 3.92. The lowest BCUT2D eigenvalue weighted by Gasteiger charge is -2.03. The second-order valence-corrected chi connectivity index (χ2v) is 6.30. The Kier molecular flexibility index (Phi) is 5.12. The first-order chi connectivity index (χ1) is 8.05. The van der Waals surface area contributed by atoms with Crippen molar-refractivity contribution in [1.82, 2.24) is 0 Å². The molecule has 1 aromatic carbocycles. The molecule has 0 fully saturated rings. The molecule has 6 heteroatoms. The average Bonchev–Trinajstić information content (AvgIpc) is 2.35. The van der Waals surface area contributed by atoms with Crippen LogP contribution in [0.5, 0.6) is 0 Å². The highest BCUT2D eigenvalue weighted by atomic mass is 32.2. The summed E-state index contributed by atoms with van der Waals surface area (Å²) in [6.45, 7) is 0. The van der Waals surface area contributed by atoms with E-state index in [4.69, 9.17) is 6.42 Å². The number of benzene rings is 1. The van der Waals surface area contributed by atoms with Crippen molar-refractivity contribution in [3.05, 3.63) is 29.8 Å². The average molecular weight is 285 g/mol. The summed E-state index contributed by atoms with van der Waals surface area (Å²) in [7, 11) is -3.72. The molecule has 17 heavy (non-hydrogen) atoms. The van der Waals surface area contributed by atoms with E-state index in [1.807, 2.05) is 0 Å². The van der Waals surface area contributed by atoms with Crippen LogP contribution in [0.2, 0.25) is 0 Å². The van der Waals surface area contributed by atoms with Gasteiger partial charge in [0.05, 0.1) is 0 Å². The monoisotopic (exact) mass is 285 g/mol. The van der Waals surface area contributed by atoms with Gasteiger partial charge in [0.15, 0.2) is 0 Å². The Morgan fingerprint density at radius 1 is 1.29 bits per heavy atom. The largest absolute Gasteiger partial charge is 0.285 e. The van der Waals surface area contributed by atoms with Gasteiger partial charge in [-0.2, -0.15) is 8.42 Å². The molecule has 0 aliphatic carbocycles. The minimum absolute atomic E-state index is 0.0723. The normalized spacial score (nSPS) is 10.6. The zero-order valence-corrected chi connectivity index (χ0v) is 11.8. The minimum Gasteiger partial charge on any atom is -0.199 e. The molecule has 0 saturated carbocycles. The summed E-state index contributed by atoms with van der Waals surface area (Å²) in [5.74, 6) is 2.35. The summed E-state index contributed by atoms with van der Waals surface area (Å²) < 4.78 is 28.3. The Bertz CT molecular complexity index is 565. The highest BCUT2D eigenvalue weighted by Crippen LogP contribution is 2.21. The molecule has 0 saturated heterocycles. The van der Waals surface area contributed by atoms with Gasteiger partial charge in [-0.15, -0.1) is 34.3 Å². The number of sulfonamides is 1. The molecule has 0 heterocycles. The van der Waals surface area contributed by atoms with Crippen molar-refractivity contribution in [3.8, 4) is 12.3 Å². The second kappa shape index (κ2) is 6.15. The van der Waals surface area contributed by atoms with Gasteiger partial charge in [0.25, 0.3) is 10.0 Å².